The fraction of sp³-hybridized carbons (Fsp3) is 0.786. The van der Waals surface area contributed by atoms with E-state index in [2.05, 4.69) is 6.58 Å². The summed E-state index contributed by atoms with van der Waals surface area (Å²) in [6.07, 6.45) is 0.912. The van der Waals surface area contributed by atoms with Gasteiger partial charge in [0.05, 0.1) is 18.8 Å². The van der Waals surface area contributed by atoms with E-state index in [9.17, 15) is 4.79 Å². The Bertz CT molecular complexity index is 281. The second-order valence-corrected chi connectivity index (χ2v) is 6.60. The smallest absolute Gasteiger partial charge is 0.333 e. The van der Waals surface area contributed by atoms with Crippen LogP contribution in [-0.2, 0) is 23.4 Å². The highest BCUT2D eigenvalue weighted by Crippen LogP contribution is 2.06. The maximum absolute atomic E-state index is 11.1. The molecule has 0 saturated heterocycles. The van der Waals surface area contributed by atoms with Gasteiger partial charge in [-0.3, -0.25) is 0 Å². The van der Waals surface area contributed by atoms with Crippen molar-refractivity contribution in [2.45, 2.75) is 65.8 Å². The lowest BCUT2D eigenvalue weighted by atomic mass is 10.4. The number of esters is 1. The number of carbonyl (C=O) groups excluding carboxylic acids is 1. The molecule has 0 rings (SSSR count). The van der Waals surface area contributed by atoms with E-state index in [1.165, 1.54) is 0 Å². The van der Waals surface area contributed by atoms with E-state index < -0.39 is 16.2 Å². The van der Waals surface area contributed by atoms with Crippen LogP contribution in [0.1, 0.15) is 41.0 Å². The third-order valence-electron chi connectivity index (χ3n) is 2.14. The van der Waals surface area contributed by atoms with Gasteiger partial charge in [-0.2, -0.15) is 0 Å². The van der Waals surface area contributed by atoms with Gasteiger partial charge in [0.15, 0.2) is 9.76 Å². The minimum absolute atomic E-state index is 0.0595. The Hall–Kier alpha value is -0.693. The van der Waals surface area contributed by atoms with Crippen molar-refractivity contribution in [1.82, 2.24) is 0 Å². The van der Waals surface area contributed by atoms with Crippen LogP contribution >= 0.6 is 0 Å². The molecule has 0 spiro atoms. The topological polar surface area (TPSA) is 54.0 Å². The van der Waals surface area contributed by atoms with Gasteiger partial charge in [-0.1, -0.05) is 6.58 Å². The highest BCUT2D eigenvalue weighted by Gasteiger charge is 2.13. The van der Waals surface area contributed by atoms with Gasteiger partial charge >= 0.3 is 5.97 Å². The maximum atomic E-state index is 11.1. The lowest BCUT2D eigenvalue weighted by molar-refractivity contribution is -0.275. The molecule has 6 heteroatoms. The molecule has 0 N–H and O–H groups in total. The first-order valence-corrected chi connectivity index (χ1v) is 8.65. The summed E-state index contributed by atoms with van der Waals surface area (Å²) in [5, 5.41) is 0. The minimum atomic E-state index is -0.750. The zero-order chi connectivity index (χ0) is 15.5. The zero-order valence-electron chi connectivity index (χ0n) is 13.3. The van der Waals surface area contributed by atoms with Crippen LogP contribution in [0.5, 0.6) is 0 Å². The van der Waals surface area contributed by atoms with E-state index in [1.54, 1.807) is 6.92 Å². The summed E-state index contributed by atoms with van der Waals surface area (Å²) in [5.74, 6) is -0.336. The molecule has 0 atom stereocenters. The zero-order valence-corrected chi connectivity index (χ0v) is 14.7. The van der Waals surface area contributed by atoms with Crippen molar-refractivity contribution in [1.29, 1.82) is 0 Å². The monoisotopic (exact) mass is 304 g/mol. The number of ether oxygens (including phenoxy) is 3. The SMILES string of the molecule is C=C(C)C(=O)OCCC[SiH2]OC(OC(C)C)OC(C)C. The van der Waals surface area contributed by atoms with Crippen molar-refractivity contribution in [2.75, 3.05) is 6.61 Å². The maximum Gasteiger partial charge on any atom is 0.333 e. The van der Waals surface area contributed by atoms with Crippen molar-refractivity contribution in [3.05, 3.63) is 12.2 Å². The number of rotatable bonds is 11. The van der Waals surface area contributed by atoms with E-state index in [0.29, 0.717) is 12.2 Å². The van der Waals surface area contributed by atoms with Crippen LogP contribution < -0.4 is 0 Å². The Kier molecular flexibility index (Phi) is 10.6. The lowest BCUT2D eigenvalue weighted by Crippen LogP contribution is -2.28. The van der Waals surface area contributed by atoms with Crippen molar-refractivity contribution in [3.8, 4) is 0 Å². The van der Waals surface area contributed by atoms with E-state index in [4.69, 9.17) is 18.6 Å². The Morgan fingerprint density at radius 2 is 1.70 bits per heavy atom. The average Bonchev–Trinajstić information content (AvgIpc) is 2.31. The van der Waals surface area contributed by atoms with Gasteiger partial charge in [0.1, 0.15) is 0 Å². The molecule has 0 unspecified atom stereocenters. The molecule has 0 aromatic carbocycles. The molecular weight excluding hydrogens is 276 g/mol. The molecule has 0 bridgehead atoms. The molecule has 0 heterocycles. The van der Waals surface area contributed by atoms with Crippen molar-refractivity contribution < 1.29 is 23.4 Å². The Labute approximate surface area is 124 Å². The van der Waals surface area contributed by atoms with Crippen molar-refractivity contribution in [3.63, 3.8) is 0 Å². The molecule has 0 radical (unpaired) electrons. The number of hydrogen-bond acceptors (Lipinski definition) is 5. The molecule has 0 fully saturated rings. The third kappa shape index (κ3) is 11.2. The van der Waals surface area contributed by atoms with E-state index in [0.717, 1.165) is 12.5 Å². The highest BCUT2D eigenvalue weighted by molar-refractivity contribution is 6.27. The number of hydrogen-bond donors (Lipinski definition) is 0. The van der Waals surface area contributed by atoms with Gasteiger partial charge in [0.2, 0.25) is 0 Å². The van der Waals surface area contributed by atoms with Crippen LogP contribution in [0, 0.1) is 0 Å². The van der Waals surface area contributed by atoms with Gasteiger partial charge < -0.3 is 18.6 Å². The first-order chi connectivity index (χ1) is 9.32. The van der Waals surface area contributed by atoms with Crippen molar-refractivity contribution in [2.24, 2.45) is 0 Å². The number of carbonyl (C=O) groups is 1. The molecule has 0 aromatic rings. The summed E-state index contributed by atoms with van der Waals surface area (Å²) in [6, 6.07) is 0.906. The van der Waals surface area contributed by atoms with Crippen LogP contribution in [0.2, 0.25) is 6.04 Å². The fourth-order valence-corrected chi connectivity index (χ4v) is 2.15. The van der Waals surface area contributed by atoms with Gasteiger partial charge in [0, 0.05) is 5.57 Å². The quantitative estimate of drug-likeness (QED) is 0.192. The summed E-state index contributed by atoms with van der Waals surface area (Å²) in [5.41, 5.74) is 0.425. The van der Waals surface area contributed by atoms with Crippen LogP contribution in [0.4, 0.5) is 0 Å². The molecular formula is C14H28O5Si. The predicted octanol–water partition coefficient (Wildman–Crippen LogP) is 2.15. The minimum Gasteiger partial charge on any atom is -0.462 e. The summed E-state index contributed by atoms with van der Waals surface area (Å²) >= 11 is 0. The first-order valence-electron chi connectivity index (χ1n) is 7.08. The van der Waals surface area contributed by atoms with Gasteiger partial charge in [-0.15, -0.1) is 0 Å². The van der Waals surface area contributed by atoms with Crippen LogP contribution in [0.3, 0.4) is 0 Å². The lowest BCUT2D eigenvalue weighted by Gasteiger charge is -2.23. The molecule has 0 amide bonds. The Morgan fingerprint density at radius 1 is 1.15 bits per heavy atom. The third-order valence-corrected chi connectivity index (χ3v) is 3.44. The van der Waals surface area contributed by atoms with E-state index in [-0.39, 0.29) is 18.2 Å². The molecule has 0 saturated carbocycles. The van der Waals surface area contributed by atoms with Gasteiger partial charge in [-0.25, -0.2) is 4.79 Å². The summed E-state index contributed by atoms with van der Waals surface area (Å²) in [4.78, 5) is 11.1. The molecule has 118 valence electrons. The summed E-state index contributed by atoms with van der Waals surface area (Å²) < 4.78 is 21.7. The molecule has 0 aliphatic carbocycles. The van der Waals surface area contributed by atoms with Crippen LogP contribution in [0.25, 0.3) is 0 Å². The van der Waals surface area contributed by atoms with Crippen LogP contribution in [0.15, 0.2) is 12.2 Å². The second kappa shape index (κ2) is 11.0. The predicted molar refractivity (Wildman–Crippen MR) is 81.1 cm³/mol. The first kappa shape index (κ1) is 19.3. The summed E-state index contributed by atoms with van der Waals surface area (Å²) in [7, 11) is -0.750. The Morgan fingerprint density at radius 3 is 2.15 bits per heavy atom. The summed E-state index contributed by atoms with van der Waals surface area (Å²) in [6.45, 7) is 12.8. The molecule has 5 nitrogen and oxygen atoms in total. The van der Waals surface area contributed by atoms with Crippen molar-refractivity contribution >= 4 is 15.7 Å². The fourth-order valence-electron chi connectivity index (χ4n) is 1.23. The molecule has 0 aromatic heterocycles. The van der Waals surface area contributed by atoms with E-state index >= 15 is 0 Å². The molecule has 0 aliphatic rings. The van der Waals surface area contributed by atoms with Gasteiger partial charge in [0.25, 0.3) is 6.48 Å². The van der Waals surface area contributed by atoms with Crippen LogP contribution in [-0.4, -0.2) is 41.0 Å². The standard InChI is InChI=1S/C14H28O5Si/c1-10(2)13(15)16-8-7-9-20-19-14(17-11(3)4)18-12(5)6/h11-12,14H,1,7-9,20H2,2-6H3. The Balaban J connectivity index is 3.72. The largest absolute Gasteiger partial charge is 0.462 e. The second-order valence-electron chi connectivity index (χ2n) is 5.15. The molecule has 0 aliphatic heterocycles. The van der Waals surface area contributed by atoms with E-state index in [1.807, 2.05) is 27.7 Å². The van der Waals surface area contributed by atoms with Gasteiger partial charge in [-0.05, 0) is 47.1 Å². The molecule has 20 heavy (non-hydrogen) atoms. The average molecular weight is 304 g/mol. The normalized spacial score (nSPS) is 12.0. The highest BCUT2D eigenvalue weighted by atomic mass is 28.2.